The molecule has 0 aromatic heterocycles. The molecule has 22 heavy (non-hydrogen) atoms. The Balaban J connectivity index is 1.89. The average Bonchev–Trinajstić information content (AvgIpc) is 3.05. The van der Waals surface area contributed by atoms with Crippen LogP contribution in [0.3, 0.4) is 0 Å². The van der Waals surface area contributed by atoms with E-state index in [4.69, 9.17) is 4.74 Å². The summed E-state index contributed by atoms with van der Waals surface area (Å²) >= 11 is 0. The number of hydrogen-bond donors (Lipinski definition) is 2. The summed E-state index contributed by atoms with van der Waals surface area (Å²) in [5.74, 6) is 0.991. The lowest BCUT2D eigenvalue weighted by Gasteiger charge is -2.15. The van der Waals surface area contributed by atoms with Crippen LogP contribution in [0.5, 0.6) is 5.75 Å². The summed E-state index contributed by atoms with van der Waals surface area (Å²) in [6, 6.07) is 6.14. The fourth-order valence-electron chi connectivity index (χ4n) is 2.69. The van der Waals surface area contributed by atoms with E-state index < -0.39 is 0 Å². The van der Waals surface area contributed by atoms with Gasteiger partial charge < -0.3 is 15.4 Å². The SMILES string of the molecule is CCCCCOc1cc(C)ccc1CNC(=O)C1CCCN1. The highest BCUT2D eigenvalue weighted by molar-refractivity contribution is 5.82. The molecule has 4 heteroatoms. The zero-order chi connectivity index (χ0) is 15.8. The van der Waals surface area contributed by atoms with Gasteiger partial charge in [0.2, 0.25) is 5.91 Å². The number of nitrogens with one attached hydrogen (secondary N) is 2. The molecule has 1 saturated heterocycles. The molecule has 0 bridgehead atoms. The van der Waals surface area contributed by atoms with E-state index in [9.17, 15) is 4.79 Å². The van der Waals surface area contributed by atoms with Crippen LogP contribution < -0.4 is 15.4 Å². The number of amides is 1. The summed E-state index contributed by atoms with van der Waals surface area (Å²) in [6.07, 6.45) is 5.45. The van der Waals surface area contributed by atoms with Gasteiger partial charge in [0, 0.05) is 12.1 Å². The molecule has 1 amide bonds. The Hall–Kier alpha value is -1.55. The van der Waals surface area contributed by atoms with Crippen molar-refractivity contribution >= 4 is 5.91 Å². The van der Waals surface area contributed by atoms with Crippen molar-refractivity contribution in [3.05, 3.63) is 29.3 Å². The molecular weight excluding hydrogens is 276 g/mol. The van der Waals surface area contributed by atoms with Gasteiger partial charge in [0.25, 0.3) is 0 Å². The van der Waals surface area contributed by atoms with Gasteiger partial charge >= 0.3 is 0 Å². The van der Waals surface area contributed by atoms with Crippen LogP contribution in [0, 0.1) is 6.92 Å². The van der Waals surface area contributed by atoms with E-state index in [1.807, 2.05) is 6.07 Å². The number of aryl methyl sites for hydroxylation is 1. The smallest absolute Gasteiger partial charge is 0.237 e. The van der Waals surface area contributed by atoms with Crippen molar-refractivity contribution in [2.45, 2.75) is 58.5 Å². The molecular formula is C18H28N2O2. The second-order valence-corrected chi connectivity index (χ2v) is 6.03. The standard InChI is InChI=1S/C18H28N2O2/c1-3-4-5-11-22-17-12-14(2)8-9-15(17)13-20-18(21)16-7-6-10-19-16/h8-9,12,16,19H,3-7,10-11,13H2,1-2H3,(H,20,21). The Labute approximate surface area is 133 Å². The predicted octanol–water partition coefficient (Wildman–Crippen LogP) is 2.93. The first kappa shape index (κ1) is 16.8. The Bertz CT molecular complexity index is 482. The highest BCUT2D eigenvalue weighted by Gasteiger charge is 2.21. The summed E-state index contributed by atoms with van der Waals surface area (Å²) < 4.78 is 5.91. The molecule has 0 saturated carbocycles. The van der Waals surface area contributed by atoms with E-state index in [0.717, 1.165) is 43.7 Å². The van der Waals surface area contributed by atoms with Crippen molar-refractivity contribution in [3.8, 4) is 5.75 Å². The van der Waals surface area contributed by atoms with Crippen LogP contribution in [0.4, 0.5) is 0 Å². The number of unbranched alkanes of at least 4 members (excludes halogenated alkanes) is 2. The normalized spacial score (nSPS) is 17.5. The van der Waals surface area contributed by atoms with Crippen LogP contribution >= 0.6 is 0 Å². The average molecular weight is 304 g/mol. The van der Waals surface area contributed by atoms with E-state index in [2.05, 4.69) is 36.6 Å². The van der Waals surface area contributed by atoms with E-state index in [1.54, 1.807) is 0 Å². The molecule has 122 valence electrons. The highest BCUT2D eigenvalue weighted by atomic mass is 16.5. The first-order valence-corrected chi connectivity index (χ1v) is 8.44. The maximum atomic E-state index is 12.1. The second kappa shape index (κ2) is 8.79. The van der Waals surface area contributed by atoms with Crippen molar-refractivity contribution < 1.29 is 9.53 Å². The molecule has 1 aromatic carbocycles. The molecule has 1 heterocycles. The van der Waals surface area contributed by atoms with Gasteiger partial charge in [0.1, 0.15) is 5.75 Å². The minimum Gasteiger partial charge on any atom is -0.493 e. The van der Waals surface area contributed by atoms with E-state index in [-0.39, 0.29) is 11.9 Å². The minimum absolute atomic E-state index is 0.0284. The number of benzene rings is 1. The van der Waals surface area contributed by atoms with Crippen LogP contribution in [0.15, 0.2) is 18.2 Å². The third kappa shape index (κ3) is 5.02. The summed E-state index contributed by atoms with van der Waals surface area (Å²) in [4.78, 5) is 12.1. The molecule has 0 radical (unpaired) electrons. The predicted molar refractivity (Wildman–Crippen MR) is 89.1 cm³/mol. The van der Waals surface area contributed by atoms with Crippen molar-refractivity contribution in [2.75, 3.05) is 13.2 Å². The largest absolute Gasteiger partial charge is 0.493 e. The van der Waals surface area contributed by atoms with Crippen molar-refractivity contribution in [3.63, 3.8) is 0 Å². The Morgan fingerprint density at radius 2 is 2.27 bits per heavy atom. The molecule has 1 aromatic rings. The van der Waals surface area contributed by atoms with Gasteiger partial charge in [-0.15, -0.1) is 0 Å². The third-order valence-corrected chi connectivity index (χ3v) is 4.06. The molecule has 4 nitrogen and oxygen atoms in total. The van der Waals surface area contributed by atoms with Crippen LogP contribution in [0.25, 0.3) is 0 Å². The summed E-state index contributed by atoms with van der Waals surface area (Å²) in [5.41, 5.74) is 2.23. The lowest BCUT2D eigenvalue weighted by atomic mass is 10.1. The van der Waals surface area contributed by atoms with Crippen LogP contribution in [0.2, 0.25) is 0 Å². The number of ether oxygens (including phenoxy) is 1. The lowest BCUT2D eigenvalue weighted by Crippen LogP contribution is -2.40. The monoisotopic (exact) mass is 304 g/mol. The third-order valence-electron chi connectivity index (χ3n) is 4.06. The molecule has 1 fully saturated rings. The van der Waals surface area contributed by atoms with E-state index in [0.29, 0.717) is 6.54 Å². The maximum Gasteiger partial charge on any atom is 0.237 e. The van der Waals surface area contributed by atoms with Crippen molar-refractivity contribution in [2.24, 2.45) is 0 Å². The highest BCUT2D eigenvalue weighted by Crippen LogP contribution is 2.21. The van der Waals surface area contributed by atoms with Crippen LogP contribution in [-0.2, 0) is 11.3 Å². The molecule has 2 N–H and O–H groups in total. The van der Waals surface area contributed by atoms with E-state index in [1.165, 1.54) is 18.4 Å². The minimum atomic E-state index is -0.0284. The van der Waals surface area contributed by atoms with Gasteiger partial charge in [-0.2, -0.15) is 0 Å². The number of carbonyl (C=O) groups excluding carboxylic acids is 1. The van der Waals surface area contributed by atoms with Gasteiger partial charge in [-0.1, -0.05) is 31.9 Å². The van der Waals surface area contributed by atoms with Crippen molar-refractivity contribution in [1.29, 1.82) is 0 Å². The van der Waals surface area contributed by atoms with Gasteiger partial charge in [0.15, 0.2) is 0 Å². The molecule has 0 aliphatic carbocycles. The first-order chi connectivity index (χ1) is 10.7. The summed E-state index contributed by atoms with van der Waals surface area (Å²) in [5, 5.41) is 6.24. The fraction of sp³-hybridized carbons (Fsp3) is 0.611. The van der Waals surface area contributed by atoms with Crippen LogP contribution in [0.1, 0.15) is 50.2 Å². The zero-order valence-corrected chi connectivity index (χ0v) is 13.8. The van der Waals surface area contributed by atoms with Gasteiger partial charge in [0.05, 0.1) is 12.6 Å². The molecule has 1 atom stereocenters. The van der Waals surface area contributed by atoms with Gasteiger partial charge in [-0.05, 0) is 44.4 Å². The molecule has 1 unspecified atom stereocenters. The number of carbonyl (C=O) groups is 1. The molecule has 1 aliphatic heterocycles. The topological polar surface area (TPSA) is 50.4 Å². The fourth-order valence-corrected chi connectivity index (χ4v) is 2.69. The lowest BCUT2D eigenvalue weighted by molar-refractivity contribution is -0.122. The van der Waals surface area contributed by atoms with Gasteiger partial charge in [-0.3, -0.25) is 4.79 Å². The second-order valence-electron chi connectivity index (χ2n) is 6.03. The Morgan fingerprint density at radius 3 is 3.00 bits per heavy atom. The number of rotatable bonds is 8. The Kier molecular flexibility index (Phi) is 6.72. The van der Waals surface area contributed by atoms with Gasteiger partial charge in [-0.25, -0.2) is 0 Å². The number of hydrogen-bond acceptors (Lipinski definition) is 3. The van der Waals surface area contributed by atoms with E-state index >= 15 is 0 Å². The summed E-state index contributed by atoms with van der Waals surface area (Å²) in [7, 11) is 0. The molecule has 2 rings (SSSR count). The van der Waals surface area contributed by atoms with Crippen molar-refractivity contribution in [1.82, 2.24) is 10.6 Å². The maximum absolute atomic E-state index is 12.1. The Morgan fingerprint density at radius 1 is 1.41 bits per heavy atom. The molecule has 1 aliphatic rings. The molecule has 0 spiro atoms. The first-order valence-electron chi connectivity index (χ1n) is 8.44. The summed E-state index contributed by atoms with van der Waals surface area (Å²) in [6.45, 7) is 6.45. The van der Waals surface area contributed by atoms with Crippen LogP contribution in [-0.4, -0.2) is 25.1 Å². The quantitative estimate of drug-likeness (QED) is 0.726. The zero-order valence-electron chi connectivity index (χ0n) is 13.8.